The molecule has 0 spiro atoms. The van der Waals surface area contributed by atoms with Crippen molar-refractivity contribution in [2.45, 2.75) is 32.4 Å². The van der Waals surface area contributed by atoms with Gasteiger partial charge in [-0.15, -0.1) is 0 Å². The molecule has 1 aromatic carbocycles. The van der Waals surface area contributed by atoms with E-state index in [1.165, 1.54) is 0 Å². The molecule has 0 bridgehead atoms. The standard InChI is InChI=1S/C14H18N2O4S/c1-10-4-3-5-11(8-10)9-15-14(18)12-6-7-13(17)16(12)21(2,19)20/h3-5,8,12H,6-7,9H2,1-2H3,(H,15,18). The zero-order chi connectivity index (χ0) is 15.6. The molecular weight excluding hydrogens is 292 g/mol. The highest BCUT2D eigenvalue weighted by molar-refractivity contribution is 7.89. The van der Waals surface area contributed by atoms with Gasteiger partial charge in [-0.25, -0.2) is 12.7 Å². The lowest BCUT2D eigenvalue weighted by Gasteiger charge is -2.21. The summed E-state index contributed by atoms with van der Waals surface area (Å²) in [6, 6.07) is 6.72. The number of hydrogen-bond donors (Lipinski definition) is 1. The van der Waals surface area contributed by atoms with Crippen LogP contribution in [-0.4, -0.2) is 36.8 Å². The molecule has 7 heteroatoms. The number of hydrogen-bond acceptors (Lipinski definition) is 4. The second-order valence-corrected chi connectivity index (χ2v) is 7.07. The molecule has 1 atom stereocenters. The number of carbonyl (C=O) groups excluding carboxylic acids is 2. The van der Waals surface area contributed by atoms with Crippen molar-refractivity contribution in [3.05, 3.63) is 35.4 Å². The molecule has 1 aliphatic rings. The van der Waals surface area contributed by atoms with Gasteiger partial charge in [-0.05, 0) is 18.9 Å². The van der Waals surface area contributed by atoms with Crippen LogP contribution in [0.25, 0.3) is 0 Å². The van der Waals surface area contributed by atoms with Crippen LogP contribution in [0.5, 0.6) is 0 Å². The number of nitrogens with one attached hydrogen (secondary N) is 1. The van der Waals surface area contributed by atoms with E-state index in [4.69, 9.17) is 0 Å². The minimum atomic E-state index is -3.71. The van der Waals surface area contributed by atoms with E-state index in [9.17, 15) is 18.0 Å². The van der Waals surface area contributed by atoms with Crippen LogP contribution in [0.15, 0.2) is 24.3 Å². The SMILES string of the molecule is Cc1cccc(CNC(=O)C2CCC(=O)N2S(C)(=O)=O)c1. The Bertz CT molecular complexity index is 669. The molecule has 0 aromatic heterocycles. The summed E-state index contributed by atoms with van der Waals surface area (Å²) in [5.74, 6) is -0.957. The Morgan fingerprint density at radius 2 is 2.14 bits per heavy atom. The summed E-state index contributed by atoms with van der Waals surface area (Å²) < 4.78 is 23.9. The Balaban J connectivity index is 2.05. The zero-order valence-electron chi connectivity index (χ0n) is 12.0. The van der Waals surface area contributed by atoms with Gasteiger partial charge in [0.1, 0.15) is 6.04 Å². The second-order valence-electron chi connectivity index (χ2n) is 5.21. The third kappa shape index (κ3) is 3.60. The summed E-state index contributed by atoms with van der Waals surface area (Å²) in [5, 5.41) is 2.69. The number of carbonyl (C=O) groups is 2. The molecule has 0 radical (unpaired) electrons. The fraction of sp³-hybridized carbons (Fsp3) is 0.429. The average Bonchev–Trinajstić information content (AvgIpc) is 2.78. The van der Waals surface area contributed by atoms with Gasteiger partial charge in [-0.3, -0.25) is 9.59 Å². The first-order chi connectivity index (χ1) is 9.79. The quantitative estimate of drug-likeness (QED) is 0.881. The van der Waals surface area contributed by atoms with Crippen LogP contribution in [0.1, 0.15) is 24.0 Å². The topological polar surface area (TPSA) is 83.6 Å². The molecule has 114 valence electrons. The molecule has 1 unspecified atom stereocenters. The maximum absolute atomic E-state index is 12.1. The maximum atomic E-state index is 12.1. The first-order valence-electron chi connectivity index (χ1n) is 6.64. The molecule has 1 saturated heterocycles. The minimum absolute atomic E-state index is 0.0790. The first-order valence-corrected chi connectivity index (χ1v) is 8.49. The summed E-state index contributed by atoms with van der Waals surface area (Å²) in [4.78, 5) is 23.8. The molecule has 2 amide bonds. The van der Waals surface area contributed by atoms with Crippen molar-refractivity contribution < 1.29 is 18.0 Å². The minimum Gasteiger partial charge on any atom is -0.350 e. The van der Waals surface area contributed by atoms with Crippen molar-refractivity contribution in [3.63, 3.8) is 0 Å². The summed E-state index contributed by atoms with van der Waals surface area (Å²) >= 11 is 0. The Morgan fingerprint density at radius 3 is 2.76 bits per heavy atom. The Morgan fingerprint density at radius 1 is 1.43 bits per heavy atom. The number of rotatable bonds is 4. The van der Waals surface area contributed by atoms with Crippen LogP contribution in [0.3, 0.4) is 0 Å². The summed E-state index contributed by atoms with van der Waals surface area (Å²) in [6.07, 6.45) is 1.25. The average molecular weight is 310 g/mol. The van der Waals surface area contributed by atoms with E-state index in [2.05, 4.69) is 5.32 Å². The maximum Gasteiger partial charge on any atom is 0.244 e. The Labute approximate surface area is 124 Å². The van der Waals surface area contributed by atoms with Crippen LogP contribution in [0, 0.1) is 6.92 Å². The van der Waals surface area contributed by atoms with Gasteiger partial charge in [0, 0.05) is 13.0 Å². The number of aryl methyl sites for hydroxylation is 1. The largest absolute Gasteiger partial charge is 0.350 e. The van der Waals surface area contributed by atoms with Crippen molar-refractivity contribution in [2.75, 3.05) is 6.26 Å². The molecule has 6 nitrogen and oxygen atoms in total. The van der Waals surface area contributed by atoms with Gasteiger partial charge < -0.3 is 5.32 Å². The van der Waals surface area contributed by atoms with Crippen molar-refractivity contribution in [3.8, 4) is 0 Å². The molecule has 0 saturated carbocycles. The molecule has 1 aliphatic heterocycles. The third-order valence-electron chi connectivity index (χ3n) is 3.37. The van der Waals surface area contributed by atoms with Crippen LogP contribution in [0.4, 0.5) is 0 Å². The van der Waals surface area contributed by atoms with Gasteiger partial charge in [-0.1, -0.05) is 29.8 Å². The van der Waals surface area contributed by atoms with Crippen LogP contribution < -0.4 is 5.32 Å². The van der Waals surface area contributed by atoms with Crippen molar-refractivity contribution in [1.29, 1.82) is 0 Å². The third-order valence-corrected chi connectivity index (χ3v) is 4.54. The number of benzene rings is 1. The highest BCUT2D eigenvalue weighted by Gasteiger charge is 2.41. The number of amides is 2. The molecule has 1 fully saturated rings. The van der Waals surface area contributed by atoms with Gasteiger partial charge in [0.25, 0.3) is 0 Å². The number of sulfonamides is 1. The van der Waals surface area contributed by atoms with Gasteiger partial charge in [0.05, 0.1) is 6.26 Å². The normalized spacial score (nSPS) is 18.9. The highest BCUT2D eigenvalue weighted by Crippen LogP contribution is 2.22. The van der Waals surface area contributed by atoms with E-state index in [1.807, 2.05) is 31.2 Å². The predicted octanol–water partition coefficient (Wildman–Crippen LogP) is 0.562. The van der Waals surface area contributed by atoms with Gasteiger partial charge in [0.15, 0.2) is 0 Å². The Kier molecular flexibility index (Phi) is 4.32. The van der Waals surface area contributed by atoms with Crippen molar-refractivity contribution in [1.82, 2.24) is 9.62 Å². The fourth-order valence-electron chi connectivity index (χ4n) is 2.44. The summed E-state index contributed by atoms with van der Waals surface area (Å²) in [6.45, 7) is 2.26. The monoisotopic (exact) mass is 310 g/mol. The smallest absolute Gasteiger partial charge is 0.244 e. The van der Waals surface area contributed by atoms with E-state index in [0.717, 1.165) is 17.4 Å². The van der Waals surface area contributed by atoms with E-state index in [-0.39, 0.29) is 12.8 Å². The first kappa shape index (κ1) is 15.5. The lowest BCUT2D eigenvalue weighted by molar-refractivity contribution is -0.130. The Hall–Kier alpha value is -1.89. The van der Waals surface area contributed by atoms with E-state index in [1.54, 1.807) is 0 Å². The molecule has 1 heterocycles. The van der Waals surface area contributed by atoms with Gasteiger partial charge in [-0.2, -0.15) is 0 Å². The van der Waals surface area contributed by atoms with Crippen LogP contribution in [-0.2, 0) is 26.2 Å². The van der Waals surface area contributed by atoms with Crippen LogP contribution in [0.2, 0.25) is 0 Å². The molecule has 21 heavy (non-hydrogen) atoms. The second kappa shape index (κ2) is 5.85. The highest BCUT2D eigenvalue weighted by atomic mass is 32.2. The lowest BCUT2D eigenvalue weighted by atomic mass is 10.1. The molecule has 2 rings (SSSR count). The van der Waals surface area contributed by atoms with Gasteiger partial charge >= 0.3 is 0 Å². The molecule has 0 aliphatic carbocycles. The van der Waals surface area contributed by atoms with Gasteiger partial charge in [0.2, 0.25) is 21.8 Å². The predicted molar refractivity (Wildman–Crippen MR) is 77.7 cm³/mol. The van der Waals surface area contributed by atoms with E-state index in [0.29, 0.717) is 10.8 Å². The van der Waals surface area contributed by atoms with Crippen molar-refractivity contribution >= 4 is 21.8 Å². The molecular formula is C14H18N2O4S. The van der Waals surface area contributed by atoms with Crippen LogP contribution >= 0.6 is 0 Å². The summed E-state index contributed by atoms with van der Waals surface area (Å²) in [5.41, 5.74) is 2.01. The van der Waals surface area contributed by atoms with Crippen molar-refractivity contribution in [2.24, 2.45) is 0 Å². The van der Waals surface area contributed by atoms with E-state index >= 15 is 0 Å². The summed E-state index contributed by atoms with van der Waals surface area (Å²) in [7, 11) is -3.71. The van der Waals surface area contributed by atoms with E-state index < -0.39 is 27.9 Å². The lowest BCUT2D eigenvalue weighted by Crippen LogP contribution is -2.46. The zero-order valence-corrected chi connectivity index (χ0v) is 12.8. The number of nitrogens with zero attached hydrogens (tertiary/aromatic N) is 1. The molecule has 1 aromatic rings. The fourth-order valence-corrected chi connectivity index (χ4v) is 3.57. The molecule has 1 N–H and O–H groups in total.